The van der Waals surface area contributed by atoms with E-state index in [1.165, 1.54) is 5.56 Å². The van der Waals surface area contributed by atoms with Crippen molar-refractivity contribution in [2.24, 2.45) is 5.92 Å². The van der Waals surface area contributed by atoms with Gasteiger partial charge in [-0.05, 0) is 32.5 Å². The number of hydrogen-bond donors (Lipinski definition) is 1. The summed E-state index contributed by atoms with van der Waals surface area (Å²) in [5.74, 6) is 1.69. The van der Waals surface area contributed by atoms with Gasteiger partial charge in [0.2, 0.25) is 0 Å². The molecule has 2 rings (SSSR count). The molecule has 0 fully saturated rings. The first kappa shape index (κ1) is 13.4. The highest BCUT2D eigenvalue weighted by Gasteiger charge is 2.23. The molecule has 1 aromatic rings. The van der Waals surface area contributed by atoms with Crippen LogP contribution >= 0.6 is 0 Å². The molecule has 18 heavy (non-hydrogen) atoms. The van der Waals surface area contributed by atoms with E-state index in [0.717, 1.165) is 32.0 Å². The Morgan fingerprint density at radius 1 is 1.33 bits per heavy atom. The predicted octanol–water partition coefficient (Wildman–Crippen LogP) is 2.12. The molecule has 2 unspecified atom stereocenters. The van der Waals surface area contributed by atoms with E-state index in [9.17, 15) is 0 Å². The number of benzene rings is 1. The normalized spacial score (nSPS) is 19.5. The van der Waals surface area contributed by atoms with E-state index in [0.29, 0.717) is 12.0 Å². The van der Waals surface area contributed by atoms with Crippen LogP contribution in [0.4, 0.5) is 0 Å². The highest BCUT2D eigenvalue weighted by Crippen LogP contribution is 2.24. The molecular formula is C15H24N2O. The van der Waals surface area contributed by atoms with Gasteiger partial charge >= 0.3 is 0 Å². The maximum atomic E-state index is 5.81. The van der Waals surface area contributed by atoms with E-state index >= 15 is 0 Å². The molecule has 0 radical (unpaired) electrons. The van der Waals surface area contributed by atoms with Gasteiger partial charge in [0.05, 0.1) is 0 Å². The Morgan fingerprint density at radius 2 is 2.11 bits per heavy atom. The van der Waals surface area contributed by atoms with Gasteiger partial charge in [-0.25, -0.2) is 0 Å². The van der Waals surface area contributed by atoms with E-state index in [-0.39, 0.29) is 0 Å². The standard InChI is InChI=1S/C15H24N2O/c1-12(10-16-3)13(2)17-8-9-18-15-7-5-4-6-14(15)11-17/h4-7,12-13,16H,8-11H2,1-3H3. The Morgan fingerprint density at radius 3 is 2.89 bits per heavy atom. The highest BCUT2D eigenvalue weighted by atomic mass is 16.5. The monoisotopic (exact) mass is 248 g/mol. The number of fused-ring (bicyclic) bond motifs is 1. The Labute approximate surface area is 110 Å². The second-order valence-electron chi connectivity index (χ2n) is 5.20. The predicted molar refractivity (Wildman–Crippen MR) is 74.9 cm³/mol. The summed E-state index contributed by atoms with van der Waals surface area (Å²) in [6, 6.07) is 8.94. The Balaban J connectivity index is 2.07. The molecule has 1 heterocycles. The average molecular weight is 248 g/mol. The third kappa shape index (κ3) is 3.03. The van der Waals surface area contributed by atoms with Gasteiger partial charge in [-0.2, -0.15) is 0 Å². The van der Waals surface area contributed by atoms with Gasteiger partial charge in [0, 0.05) is 24.7 Å². The van der Waals surface area contributed by atoms with Gasteiger partial charge in [0.15, 0.2) is 0 Å². The molecule has 0 spiro atoms. The van der Waals surface area contributed by atoms with E-state index in [2.05, 4.69) is 42.3 Å². The van der Waals surface area contributed by atoms with Crippen LogP contribution in [0.25, 0.3) is 0 Å². The van der Waals surface area contributed by atoms with Crippen molar-refractivity contribution in [2.45, 2.75) is 26.4 Å². The summed E-state index contributed by atoms with van der Waals surface area (Å²) in [5, 5.41) is 3.26. The summed E-state index contributed by atoms with van der Waals surface area (Å²) in [6.07, 6.45) is 0. The van der Waals surface area contributed by atoms with Gasteiger partial charge < -0.3 is 10.1 Å². The van der Waals surface area contributed by atoms with Crippen molar-refractivity contribution in [3.8, 4) is 5.75 Å². The van der Waals surface area contributed by atoms with Gasteiger partial charge in [-0.1, -0.05) is 25.1 Å². The molecule has 3 heteroatoms. The lowest BCUT2D eigenvalue weighted by molar-refractivity contribution is 0.140. The third-order valence-electron chi connectivity index (χ3n) is 3.91. The summed E-state index contributed by atoms with van der Waals surface area (Å²) in [6.45, 7) is 8.46. The van der Waals surface area contributed by atoms with Crippen molar-refractivity contribution >= 4 is 0 Å². The Bertz CT molecular complexity index is 381. The van der Waals surface area contributed by atoms with Crippen molar-refractivity contribution in [2.75, 3.05) is 26.7 Å². The fourth-order valence-corrected chi connectivity index (χ4v) is 2.55. The zero-order valence-corrected chi connectivity index (χ0v) is 11.6. The Kier molecular flexibility index (Phi) is 4.61. The van der Waals surface area contributed by atoms with E-state index in [1.807, 2.05) is 13.1 Å². The van der Waals surface area contributed by atoms with Crippen molar-refractivity contribution in [1.29, 1.82) is 0 Å². The van der Waals surface area contributed by atoms with E-state index in [4.69, 9.17) is 4.74 Å². The zero-order chi connectivity index (χ0) is 13.0. The molecule has 0 amide bonds. The van der Waals surface area contributed by atoms with Gasteiger partial charge in [-0.15, -0.1) is 0 Å². The summed E-state index contributed by atoms with van der Waals surface area (Å²) >= 11 is 0. The van der Waals surface area contributed by atoms with Gasteiger partial charge in [0.1, 0.15) is 12.4 Å². The van der Waals surface area contributed by atoms with Crippen LogP contribution in [0.3, 0.4) is 0 Å². The molecule has 1 N–H and O–H groups in total. The summed E-state index contributed by atoms with van der Waals surface area (Å²) in [4.78, 5) is 2.52. The van der Waals surface area contributed by atoms with Crippen molar-refractivity contribution in [1.82, 2.24) is 10.2 Å². The van der Waals surface area contributed by atoms with Crippen LogP contribution in [0.5, 0.6) is 5.75 Å². The summed E-state index contributed by atoms with van der Waals surface area (Å²) < 4.78 is 5.81. The van der Waals surface area contributed by atoms with Crippen LogP contribution in [0.1, 0.15) is 19.4 Å². The molecule has 100 valence electrons. The lowest BCUT2D eigenvalue weighted by Gasteiger charge is -2.31. The number of nitrogens with zero attached hydrogens (tertiary/aromatic N) is 1. The first-order valence-corrected chi connectivity index (χ1v) is 6.81. The topological polar surface area (TPSA) is 24.5 Å². The van der Waals surface area contributed by atoms with Crippen molar-refractivity contribution < 1.29 is 4.74 Å². The third-order valence-corrected chi connectivity index (χ3v) is 3.91. The number of ether oxygens (including phenoxy) is 1. The molecule has 1 aromatic carbocycles. The number of nitrogens with one attached hydrogen (secondary N) is 1. The van der Waals surface area contributed by atoms with Crippen LogP contribution < -0.4 is 10.1 Å². The van der Waals surface area contributed by atoms with Crippen LogP contribution in [0, 0.1) is 5.92 Å². The molecule has 2 atom stereocenters. The lowest BCUT2D eigenvalue weighted by atomic mass is 10.0. The molecule has 0 aliphatic carbocycles. The fraction of sp³-hybridized carbons (Fsp3) is 0.600. The molecule has 0 saturated heterocycles. The Hall–Kier alpha value is -1.06. The molecule has 0 saturated carbocycles. The van der Waals surface area contributed by atoms with E-state index in [1.54, 1.807) is 0 Å². The zero-order valence-electron chi connectivity index (χ0n) is 11.6. The van der Waals surface area contributed by atoms with Crippen LogP contribution in [0.2, 0.25) is 0 Å². The molecule has 3 nitrogen and oxygen atoms in total. The number of hydrogen-bond acceptors (Lipinski definition) is 3. The number of rotatable bonds is 4. The SMILES string of the molecule is CNCC(C)C(C)N1CCOc2ccccc2C1. The minimum absolute atomic E-state index is 0.562. The van der Waals surface area contributed by atoms with Gasteiger partial charge in [0.25, 0.3) is 0 Å². The second-order valence-corrected chi connectivity index (χ2v) is 5.20. The maximum Gasteiger partial charge on any atom is 0.123 e. The highest BCUT2D eigenvalue weighted by molar-refractivity contribution is 5.33. The minimum Gasteiger partial charge on any atom is -0.492 e. The lowest BCUT2D eigenvalue weighted by Crippen LogP contribution is -2.41. The fourth-order valence-electron chi connectivity index (χ4n) is 2.55. The summed E-state index contributed by atoms with van der Waals surface area (Å²) in [5.41, 5.74) is 1.30. The molecule has 0 aromatic heterocycles. The van der Waals surface area contributed by atoms with Crippen LogP contribution in [-0.4, -0.2) is 37.7 Å². The molecule has 1 aliphatic rings. The minimum atomic E-state index is 0.562. The van der Waals surface area contributed by atoms with Gasteiger partial charge in [-0.3, -0.25) is 4.90 Å². The number of para-hydroxylation sites is 1. The van der Waals surface area contributed by atoms with Crippen molar-refractivity contribution in [3.63, 3.8) is 0 Å². The molecular weight excluding hydrogens is 224 g/mol. The van der Waals surface area contributed by atoms with E-state index < -0.39 is 0 Å². The van der Waals surface area contributed by atoms with Crippen LogP contribution in [0.15, 0.2) is 24.3 Å². The quantitative estimate of drug-likeness (QED) is 0.883. The second kappa shape index (κ2) is 6.21. The first-order chi connectivity index (χ1) is 8.72. The van der Waals surface area contributed by atoms with Crippen molar-refractivity contribution in [3.05, 3.63) is 29.8 Å². The smallest absolute Gasteiger partial charge is 0.123 e. The van der Waals surface area contributed by atoms with Crippen LogP contribution in [-0.2, 0) is 6.54 Å². The average Bonchev–Trinajstić information content (AvgIpc) is 2.60. The molecule has 0 bridgehead atoms. The summed E-state index contributed by atoms with van der Waals surface area (Å²) in [7, 11) is 2.02. The largest absolute Gasteiger partial charge is 0.492 e. The maximum absolute atomic E-state index is 5.81. The molecule has 1 aliphatic heterocycles. The first-order valence-electron chi connectivity index (χ1n) is 6.81.